The molecule has 1 fully saturated rings. The third-order valence-electron chi connectivity index (χ3n) is 3.34. The number of furan rings is 1. The fourth-order valence-corrected chi connectivity index (χ4v) is 4.06. The summed E-state index contributed by atoms with van der Waals surface area (Å²) in [5.41, 5.74) is 0.555. The van der Waals surface area contributed by atoms with Gasteiger partial charge in [0.2, 0.25) is 0 Å². The Morgan fingerprint density at radius 1 is 1.23 bits per heavy atom. The molecule has 0 bridgehead atoms. The van der Waals surface area contributed by atoms with Crippen LogP contribution >= 0.6 is 58.8 Å². The molecule has 3 rings (SSSR count). The van der Waals surface area contributed by atoms with E-state index in [4.69, 9.17) is 56.5 Å². The molecule has 1 amide bonds. The largest absolute Gasteiger partial charge is 0.480 e. The topological polar surface area (TPSA) is 70.8 Å². The number of carboxylic acid groups (broad SMARTS) is 1. The van der Waals surface area contributed by atoms with E-state index in [-0.39, 0.29) is 9.23 Å². The lowest BCUT2D eigenvalue weighted by molar-refractivity contribution is -0.140. The Bertz CT molecular complexity index is 970. The molecule has 0 radical (unpaired) electrons. The Balaban J connectivity index is 1.88. The first kappa shape index (κ1) is 19.3. The highest BCUT2D eigenvalue weighted by molar-refractivity contribution is 8.26. The third-order valence-corrected chi connectivity index (χ3v) is 5.76. The molecule has 1 aromatic carbocycles. The minimum Gasteiger partial charge on any atom is -0.480 e. The first-order valence-electron chi connectivity index (χ1n) is 6.98. The van der Waals surface area contributed by atoms with Crippen molar-refractivity contribution >= 4 is 81.1 Å². The van der Waals surface area contributed by atoms with Crippen molar-refractivity contribution in [3.05, 3.63) is 50.0 Å². The number of hydrogen-bond acceptors (Lipinski definition) is 5. The van der Waals surface area contributed by atoms with E-state index in [1.165, 1.54) is 12.1 Å². The number of amides is 1. The van der Waals surface area contributed by atoms with Crippen LogP contribution in [0.25, 0.3) is 17.4 Å². The number of aliphatic carboxylic acids is 1. The van der Waals surface area contributed by atoms with E-state index < -0.39 is 18.4 Å². The lowest BCUT2D eigenvalue weighted by Gasteiger charge is -2.09. The van der Waals surface area contributed by atoms with E-state index in [0.29, 0.717) is 32.2 Å². The minimum atomic E-state index is -1.14. The zero-order chi connectivity index (χ0) is 19.0. The summed E-state index contributed by atoms with van der Waals surface area (Å²) in [6, 6.07) is 6.42. The summed E-state index contributed by atoms with van der Waals surface area (Å²) in [6.07, 6.45) is 1.50. The van der Waals surface area contributed by atoms with Crippen molar-refractivity contribution in [2.75, 3.05) is 6.54 Å². The number of benzene rings is 1. The van der Waals surface area contributed by atoms with Crippen molar-refractivity contribution in [3.8, 4) is 11.3 Å². The average Bonchev–Trinajstić information content (AvgIpc) is 3.11. The summed E-state index contributed by atoms with van der Waals surface area (Å²) in [4.78, 5) is 24.4. The predicted molar refractivity (Wildman–Crippen MR) is 107 cm³/mol. The van der Waals surface area contributed by atoms with Crippen molar-refractivity contribution in [1.29, 1.82) is 0 Å². The van der Waals surface area contributed by atoms with Gasteiger partial charge in [-0.1, -0.05) is 58.8 Å². The van der Waals surface area contributed by atoms with Crippen LogP contribution in [0, 0.1) is 0 Å². The lowest BCUT2D eigenvalue weighted by atomic mass is 10.2. The molecule has 10 heteroatoms. The minimum absolute atomic E-state index is 0.183. The van der Waals surface area contributed by atoms with E-state index in [1.54, 1.807) is 18.2 Å². The number of nitrogens with zero attached hydrogens (tertiary/aromatic N) is 1. The van der Waals surface area contributed by atoms with Gasteiger partial charge >= 0.3 is 5.97 Å². The lowest BCUT2D eigenvalue weighted by Crippen LogP contribution is -2.33. The second-order valence-electron chi connectivity index (χ2n) is 5.11. The number of halogens is 3. The van der Waals surface area contributed by atoms with Crippen LogP contribution in [-0.2, 0) is 9.59 Å². The highest BCUT2D eigenvalue weighted by atomic mass is 35.5. The Morgan fingerprint density at radius 2 is 1.92 bits per heavy atom. The Labute approximate surface area is 172 Å². The Hall–Kier alpha value is -1.51. The summed E-state index contributed by atoms with van der Waals surface area (Å²) >= 11 is 24.2. The fraction of sp³-hybridized carbons (Fsp3) is 0.0625. The second-order valence-corrected chi connectivity index (χ2v) is 8.01. The summed E-state index contributed by atoms with van der Waals surface area (Å²) < 4.78 is 5.88. The monoisotopic (exact) mass is 447 g/mol. The molecule has 2 heterocycles. The maximum Gasteiger partial charge on any atom is 0.323 e. The van der Waals surface area contributed by atoms with Gasteiger partial charge < -0.3 is 9.52 Å². The first-order valence-corrected chi connectivity index (χ1v) is 9.34. The highest BCUT2D eigenvalue weighted by Crippen LogP contribution is 2.37. The molecule has 26 heavy (non-hydrogen) atoms. The zero-order valence-corrected chi connectivity index (χ0v) is 16.6. The molecule has 0 atom stereocenters. The predicted octanol–water partition coefficient (Wildman–Crippen LogP) is 5.19. The summed E-state index contributed by atoms with van der Waals surface area (Å²) in [7, 11) is 0. The van der Waals surface area contributed by atoms with Crippen LogP contribution in [0.4, 0.5) is 0 Å². The summed E-state index contributed by atoms with van der Waals surface area (Å²) in [5.74, 6) is -0.788. The molecule has 1 N–H and O–H groups in total. The van der Waals surface area contributed by atoms with Crippen LogP contribution < -0.4 is 0 Å². The molecule has 1 aromatic heterocycles. The van der Waals surface area contributed by atoms with E-state index in [0.717, 1.165) is 16.7 Å². The molecule has 1 aliphatic heterocycles. The number of carbonyl (C=O) groups is 2. The Kier molecular flexibility index (Phi) is 5.64. The van der Waals surface area contributed by atoms with E-state index in [9.17, 15) is 9.59 Å². The third kappa shape index (κ3) is 3.92. The standard InChI is InChI=1S/C16H8Cl3NO4S2/c17-9-5-11(19)10(18)4-8(9)12-2-1-7(24-12)3-13-15(23)20(6-14(21)22)16(25)26-13/h1-5H,6H2,(H,21,22). The van der Waals surface area contributed by atoms with Gasteiger partial charge in [0.15, 0.2) is 0 Å². The second kappa shape index (κ2) is 7.62. The van der Waals surface area contributed by atoms with Gasteiger partial charge in [-0.2, -0.15) is 0 Å². The van der Waals surface area contributed by atoms with Gasteiger partial charge in [0.05, 0.1) is 20.0 Å². The average molecular weight is 449 g/mol. The molecule has 0 unspecified atom stereocenters. The molecule has 0 spiro atoms. The smallest absolute Gasteiger partial charge is 0.323 e. The number of rotatable bonds is 4. The van der Waals surface area contributed by atoms with Gasteiger partial charge in [-0.15, -0.1) is 0 Å². The van der Waals surface area contributed by atoms with Crippen LogP contribution in [0.5, 0.6) is 0 Å². The molecular formula is C16H8Cl3NO4S2. The number of thiocarbonyl (C=S) groups is 1. The maximum absolute atomic E-state index is 12.3. The quantitative estimate of drug-likeness (QED) is 0.394. The van der Waals surface area contributed by atoms with Crippen molar-refractivity contribution in [3.63, 3.8) is 0 Å². The van der Waals surface area contributed by atoms with Crippen LogP contribution in [-0.4, -0.2) is 32.7 Å². The van der Waals surface area contributed by atoms with Gasteiger partial charge in [0.1, 0.15) is 22.4 Å². The molecule has 134 valence electrons. The zero-order valence-electron chi connectivity index (χ0n) is 12.7. The number of hydrogen-bond donors (Lipinski definition) is 1. The maximum atomic E-state index is 12.3. The fourth-order valence-electron chi connectivity index (χ4n) is 2.19. The van der Waals surface area contributed by atoms with E-state index in [1.807, 2.05) is 0 Å². The van der Waals surface area contributed by atoms with Crippen LogP contribution in [0.3, 0.4) is 0 Å². The molecule has 5 nitrogen and oxygen atoms in total. The Morgan fingerprint density at radius 3 is 2.62 bits per heavy atom. The van der Waals surface area contributed by atoms with Gasteiger partial charge in [0.25, 0.3) is 5.91 Å². The molecule has 1 aliphatic rings. The molecule has 1 saturated heterocycles. The van der Waals surface area contributed by atoms with Gasteiger partial charge in [-0.05, 0) is 24.3 Å². The van der Waals surface area contributed by atoms with Gasteiger partial charge in [0, 0.05) is 11.6 Å². The van der Waals surface area contributed by atoms with Crippen molar-refractivity contribution < 1.29 is 19.1 Å². The molecule has 2 aromatic rings. The number of thioether (sulfide) groups is 1. The SMILES string of the molecule is O=C(O)CN1C(=O)C(=Cc2ccc(-c3cc(Cl)c(Cl)cc3Cl)o2)SC1=S. The van der Waals surface area contributed by atoms with Crippen LogP contribution in [0.15, 0.2) is 33.6 Å². The van der Waals surface area contributed by atoms with Crippen LogP contribution in [0.1, 0.15) is 5.76 Å². The van der Waals surface area contributed by atoms with Crippen molar-refractivity contribution in [1.82, 2.24) is 4.90 Å². The number of carboxylic acids is 1. The van der Waals surface area contributed by atoms with Gasteiger partial charge in [-0.25, -0.2) is 0 Å². The molecular weight excluding hydrogens is 441 g/mol. The summed E-state index contributed by atoms with van der Waals surface area (Å²) in [6.45, 7) is -0.482. The van der Waals surface area contributed by atoms with Gasteiger partial charge in [-0.3, -0.25) is 14.5 Å². The summed E-state index contributed by atoms with van der Waals surface area (Å²) in [5, 5.41) is 9.88. The van der Waals surface area contributed by atoms with Crippen molar-refractivity contribution in [2.45, 2.75) is 0 Å². The van der Waals surface area contributed by atoms with Crippen LogP contribution in [0.2, 0.25) is 15.1 Å². The first-order chi connectivity index (χ1) is 12.3. The number of carbonyl (C=O) groups excluding carboxylic acids is 1. The highest BCUT2D eigenvalue weighted by Gasteiger charge is 2.33. The molecule has 0 saturated carbocycles. The van der Waals surface area contributed by atoms with Crippen molar-refractivity contribution in [2.24, 2.45) is 0 Å². The normalized spacial score (nSPS) is 16.0. The van der Waals surface area contributed by atoms with E-state index in [2.05, 4.69) is 0 Å². The van der Waals surface area contributed by atoms with E-state index >= 15 is 0 Å². The molecule has 0 aliphatic carbocycles.